The molecule has 1 amide bonds. The van der Waals surface area contributed by atoms with Crippen LogP contribution in [0.25, 0.3) is 0 Å². The van der Waals surface area contributed by atoms with E-state index in [2.05, 4.69) is 47.1 Å². The summed E-state index contributed by atoms with van der Waals surface area (Å²) in [5.74, 6) is 0.0347. The number of rotatable bonds is 3. The lowest BCUT2D eigenvalue weighted by Crippen LogP contribution is -2.29. The molecule has 1 unspecified atom stereocenters. The SMILES string of the molecule is Cc1ccc(C(C)N(C)C(=O)c2cc(C)cc(Br)c2)cc1. The van der Waals surface area contributed by atoms with Crippen LogP contribution < -0.4 is 0 Å². The molecule has 1 atom stereocenters. The van der Waals surface area contributed by atoms with Crippen molar-refractivity contribution in [2.45, 2.75) is 26.8 Å². The summed E-state index contributed by atoms with van der Waals surface area (Å²) in [4.78, 5) is 14.4. The second-order valence-electron chi connectivity index (χ2n) is 5.52. The van der Waals surface area contributed by atoms with E-state index in [1.807, 2.05) is 39.1 Å². The van der Waals surface area contributed by atoms with E-state index in [-0.39, 0.29) is 11.9 Å². The van der Waals surface area contributed by atoms with Gasteiger partial charge in [-0.25, -0.2) is 0 Å². The molecular weight excluding hydrogens is 326 g/mol. The zero-order chi connectivity index (χ0) is 15.6. The first-order chi connectivity index (χ1) is 9.88. The van der Waals surface area contributed by atoms with Crippen LogP contribution in [0.15, 0.2) is 46.9 Å². The number of nitrogens with zero attached hydrogens (tertiary/aromatic N) is 1. The van der Waals surface area contributed by atoms with Gasteiger partial charge in [0.25, 0.3) is 5.91 Å². The van der Waals surface area contributed by atoms with E-state index in [1.54, 1.807) is 4.90 Å². The maximum Gasteiger partial charge on any atom is 0.254 e. The van der Waals surface area contributed by atoms with Crippen LogP contribution in [-0.4, -0.2) is 17.9 Å². The first kappa shape index (κ1) is 15.8. The second kappa shape index (κ2) is 6.44. The highest BCUT2D eigenvalue weighted by atomic mass is 79.9. The van der Waals surface area contributed by atoms with E-state index in [9.17, 15) is 4.79 Å². The van der Waals surface area contributed by atoms with Gasteiger partial charge in [-0.2, -0.15) is 0 Å². The Kier molecular flexibility index (Phi) is 4.84. The normalized spacial score (nSPS) is 12.0. The molecule has 2 rings (SSSR count). The van der Waals surface area contributed by atoms with Gasteiger partial charge in [0.2, 0.25) is 0 Å². The van der Waals surface area contributed by atoms with Gasteiger partial charge in [0.1, 0.15) is 0 Å². The van der Waals surface area contributed by atoms with Crippen LogP contribution in [0.3, 0.4) is 0 Å². The van der Waals surface area contributed by atoms with Crippen molar-refractivity contribution in [2.75, 3.05) is 7.05 Å². The minimum atomic E-state index is 0.0347. The monoisotopic (exact) mass is 345 g/mol. The highest BCUT2D eigenvalue weighted by Gasteiger charge is 2.19. The molecule has 0 aromatic heterocycles. The fourth-order valence-electron chi connectivity index (χ4n) is 2.31. The highest BCUT2D eigenvalue weighted by molar-refractivity contribution is 9.10. The number of carbonyl (C=O) groups is 1. The summed E-state index contributed by atoms with van der Waals surface area (Å²) in [7, 11) is 1.85. The number of amides is 1. The van der Waals surface area contributed by atoms with Crippen molar-refractivity contribution in [1.82, 2.24) is 4.90 Å². The van der Waals surface area contributed by atoms with Crippen molar-refractivity contribution >= 4 is 21.8 Å². The zero-order valence-corrected chi connectivity index (χ0v) is 14.4. The number of benzene rings is 2. The van der Waals surface area contributed by atoms with Crippen LogP contribution in [0.2, 0.25) is 0 Å². The van der Waals surface area contributed by atoms with Crippen LogP contribution >= 0.6 is 15.9 Å². The van der Waals surface area contributed by atoms with Crippen molar-refractivity contribution in [2.24, 2.45) is 0 Å². The Bertz CT molecular complexity index is 629. The average Bonchev–Trinajstić information content (AvgIpc) is 2.44. The third kappa shape index (κ3) is 3.73. The zero-order valence-electron chi connectivity index (χ0n) is 12.9. The molecule has 0 fully saturated rings. The standard InChI is InChI=1S/C18H20BrNO/c1-12-5-7-15(8-6-12)14(3)20(4)18(21)16-9-13(2)10-17(19)11-16/h5-11,14H,1-4H3. The number of hydrogen-bond acceptors (Lipinski definition) is 1. The molecule has 0 N–H and O–H groups in total. The van der Waals surface area contributed by atoms with Gasteiger partial charge in [-0.15, -0.1) is 0 Å². The highest BCUT2D eigenvalue weighted by Crippen LogP contribution is 2.23. The topological polar surface area (TPSA) is 20.3 Å². The lowest BCUT2D eigenvalue weighted by atomic mass is 10.0. The lowest BCUT2D eigenvalue weighted by Gasteiger charge is -2.26. The van der Waals surface area contributed by atoms with Gasteiger partial charge in [-0.1, -0.05) is 45.8 Å². The lowest BCUT2D eigenvalue weighted by molar-refractivity contribution is 0.0742. The smallest absolute Gasteiger partial charge is 0.254 e. The first-order valence-corrected chi connectivity index (χ1v) is 7.78. The molecule has 0 aliphatic carbocycles. The Morgan fingerprint density at radius 2 is 1.67 bits per heavy atom. The number of halogens is 1. The molecule has 2 nitrogen and oxygen atoms in total. The molecule has 0 radical (unpaired) electrons. The Labute approximate surface area is 134 Å². The average molecular weight is 346 g/mol. The number of aryl methyl sites for hydroxylation is 2. The van der Waals surface area contributed by atoms with Gasteiger partial charge in [-0.05, 0) is 50.1 Å². The van der Waals surface area contributed by atoms with E-state index in [0.29, 0.717) is 5.56 Å². The van der Waals surface area contributed by atoms with Crippen molar-refractivity contribution < 1.29 is 4.79 Å². The second-order valence-corrected chi connectivity index (χ2v) is 6.44. The van der Waals surface area contributed by atoms with Crippen LogP contribution in [0, 0.1) is 13.8 Å². The molecule has 2 aromatic carbocycles. The molecular formula is C18H20BrNO. The number of carbonyl (C=O) groups excluding carboxylic acids is 1. The maximum atomic E-state index is 12.6. The quantitative estimate of drug-likeness (QED) is 0.774. The largest absolute Gasteiger partial charge is 0.335 e. The van der Waals surface area contributed by atoms with E-state index < -0.39 is 0 Å². The van der Waals surface area contributed by atoms with Gasteiger partial charge in [0.05, 0.1) is 6.04 Å². The molecule has 0 aliphatic heterocycles. The summed E-state index contributed by atoms with van der Waals surface area (Å²) < 4.78 is 0.933. The van der Waals surface area contributed by atoms with Gasteiger partial charge < -0.3 is 4.90 Å². The van der Waals surface area contributed by atoms with Gasteiger partial charge in [0.15, 0.2) is 0 Å². The summed E-state index contributed by atoms with van der Waals surface area (Å²) >= 11 is 3.45. The Morgan fingerprint density at radius 1 is 1.05 bits per heavy atom. The summed E-state index contributed by atoms with van der Waals surface area (Å²) in [5, 5.41) is 0. The third-order valence-corrected chi connectivity index (χ3v) is 4.21. The third-order valence-electron chi connectivity index (χ3n) is 3.75. The molecule has 0 spiro atoms. The Morgan fingerprint density at radius 3 is 2.24 bits per heavy atom. The summed E-state index contributed by atoms with van der Waals surface area (Å²) in [6.07, 6.45) is 0. The van der Waals surface area contributed by atoms with Crippen molar-refractivity contribution in [1.29, 1.82) is 0 Å². The van der Waals surface area contributed by atoms with Crippen molar-refractivity contribution in [3.63, 3.8) is 0 Å². The predicted octanol–water partition coefficient (Wildman–Crippen LogP) is 4.90. The molecule has 0 saturated carbocycles. The van der Waals surface area contributed by atoms with Gasteiger partial charge in [0, 0.05) is 17.1 Å². The van der Waals surface area contributed by atoms with Crippen molar-refractivity contribution in [3.05, 3.63) is 69.2 Å². The first-order valence-electron chi connectivity index (χ1n) is 6.99. The number of hydrogen-bond donors (Lipinski definition) is 0. The molecule has 2 aromatic rings. The van der Waals surface area contributed by atoms with Crippen LogP contribution in [0.1, 0.15) is 40.0 Å². The molecule has 0 bridgehead atoms. The van der Waals surface area contributed by atoms with E-state index in [4.69, 9.17) is 0 Å². The van der Waals surface area contributed by atoms with Crippen molar-refractivity contribution in [3.8, 4) is 0 Å². The summed E-state index contributed by atoms with van der Waals surface area (Å²) in [5.41, 5.74) is 4.15. The maximum absolute atomic E-state index is 12.6. The van der Waals surface area contributed by atoms with Crippen LogP contribution in [0.4, 0.5) is 0 Å². The fourth-order valence-corrected chi connectivity index (χ4v) is 2.92. The molecule has 0 aliphatic rings. The van der Waals surface area contributed by atoms with E-state index in [0.717, 1.165) is 15.6 Å². The summed E-state index contributed by atoms with van der Waals surface area (Å²) in [6.45, 7) is 6.10. The van der Waals surface area contributed by atoms with E-state index >= 15 is 0 Å². The summed E-state index contributed by atoms with van der Waals surface area (Å²) in [6, 6.07) is 14.1. The molecule has 110 valence electrons. The Balaban J connectivity index is 2.23. The van der Waals surface area contributed by atoms with Crippen LogP contribution in [0.5, 0.6) is 0 Å². The molecule has 0 heterocycles. The fraction of sp³-hybridized carbons (Fsp3) is 0.278. The molecule has 21 heavy (non-hydrogen) atoms. The Hall–Kier alpha value is -1.61. The minimum Gasteiger partial charge on any atom is -0.335 e. The molecule has 0 saturated heterocycles. The predicted molar refractivity (Wildman–Crippen MR) is 90.6 cm³/mol. The van der Waals surface area contributed by atoms with Gasteiger partial charge in [-0.3, -0.25) is 4.79 Å². The van der Waals surface area contributed by atoms with Crippen LogP contribution in [-0.2, 0) is 0 Å². The molecule has 3 heteroatoms. The van der Waals surface area contributed by atoms with E-state index in [1.165, 1.54) is 5.56 Å². The minimum absolute atomic E-state index is 0.0347. The van der Waals surface area contributed by atoms with Gasteiger partial charge >= 0.3 is 0 Å².